The summed E-state index contributed by atoms with van der Waals surface area (Å²) in [5, 5.41) is 14.7. The van der Waals surface area contributed by atoms with Crippen molar-refractivity contribution in [1.29, 1.82) is 0 Å². The van der Waals surface area contributed by atoms with E-state index in [2.05, 4.69) is 26.6 Å². The number of carboxylic acids is 1. The van der Waals surface area contributed by atoms with Crippen LogP contribution in [-0.2, 0) is 11.3 Å². The Kier molecular flexibility index (Phi) is 5.22. The molecule has 1 aromatic carbocycles. The summed E-state index contributed by atoms with van der Waals surface area (Å²) in [6, 6.07) is 7.37. The van der Waals surface area contributed by atoms with E-state index in [0.717, 1.165) is 35.7 Å². The third-order valence-corrected chi connectivity index (χ3v) is 4.32. The van der Waals surface area contributed by atoms with E-state index in [-0.39, 0.29) is 12.5 Å². The molecule has 1 aliphatic rings. The van der Waals surface area contributed by atoms with Crippen molar-refractivity contribution in [2.24, 2.45) is 0 Å². The molecule has 0 bridgehead atoms. The average Bonchev–Trinajstić information content (AvgIpc) is 2.85. The topological polar surface area (TPSA) is 78.4 Å². The molecule has 5 nitrogen and oxygen atoms in total. The molecule has 114 valence electrons. The molecule has 6 heteroatoms. The Morgan fingerprint density at radius 1 is 1.19 bits per heavy atom. The number of aliphatic carboxylic acids is 1. The summed E-state index contributed by atoms with van der Waals surface area (Å²) in [5.41, 5.74) is 0.405. The van der Waals surface area contributed by atoms with E-state index in [1.165, 1.54) is 0 Å². The molecular formula is C15H19BrN2O3. The van der Waals surface area contributed by atoms with Crippen LogP contribution in [0.5, 0.6) is 0 Å². The lowest BCUT2D eigenvalue weighted by Crippen LogP contribution is -2.51. The largest absolute Gasteiger partial charge is 0.481 e. The number of hydrogen-bond acceptors (Lipinski definition) is 2. The number of amides is 2. The molecule has 21 heavy (non-hydrogen) atoms. The van der Waals surface area contributed by atoms with E-state index < -0.39 is 11.5 Å². The van der Waals surface area contributed by atoms with E-state index in [0.29, 0.717) is 6.54 Å². The lowest BCUT2D eigenvalue weighted by Gasteiger charge is -2.28. The molecule has 1 fully saturated rings. The van der Waals surface area contributed by atoms with Crippen molar-refractivity contribution in [1.82, 2.24) is 10.6 Å². The molecule has 0 radical (unpaired) electrons. The van der Waals surface area contributed by atoms with Gasteiger partial charge < -0.3 is 15.7 Å². The number of hydrogen-bond donors (Lipinski definition) is 3. The zero-order valence-electron chi connectivity index (χ0n) is 11.7. The van der Waals surface area contributed by atoms with Crippen LogP contribution in [0.3, 0.4) is 0 Å². The molecule has 0 heterocycles. The lowest BCUT2D eigenvalue weighted by atomic mass is 9.93. The molecule has 0 aromatic heterocycles. The monoisotopic (exact) mass is 354 g/mol. The maximum Gasteiger partial charge on any atom is 0.315 e. The van der Waals surface area contributed by atoms with Gasteiger partial charge in [0.15, 0.2) is 0 Å². The van der Waals surface area contributed by atoms with Crippen LogP contribution < -0.4 is 10.6 Å². The van der Waals surface area contributed by atoms with E-state index in [1.807, 2.05) is 24.3 Å². The Hall–Kier alpha value is -1.56. The van der Waals surface area contributed by atoms with Gasteiger partial charge in [0, 0.05) is 11.0 Å². The molecule has 0 unspecified atom stereocenters. The van der Waals surface area contributed by atoms with Crippen molar-refractivity contribution in [2.75, 3.05) is 0 Å². The van der Waals surface area contributed by atoms with Crippen LogP contribution in [-0.4, -0.2) is 22.6 Å². The summed E-state index contributed by atoms with van der Waals surface area (Å²) < 4.78 is 0.988. The average molecular weight is 355 g/mol. The van der Waals surface area contributed by atoms with Crippen LogP contribution in [0.15, 0.2) is 28.7 Å². The molecule has 0 spiro atoms. The van der Waals surface area contributed by atoms with Gasteiger partial charge in [-0.1, -0.05) is 40.9 Å². The molecule has 0 saturated heterocycles. The lowest BCUT2D eigenvalue weighted by molar-refractivity contribution is -0.138. The number of carbonyl (C=O) groups is 2. The van der Waals surface area contributed by atoms with Crippen LogP contribution in [0.4, 0.5) is 4.79 Å². The second kappa shape index (κ2) is 6.93. The highest BCUT2D eigenvalue weighted by Gasteiger charge is 2.37. The van der Waals surface area contributed by atoms with Crippen LogP contribution in [0, 0.1) is 0 Å². The highest BCUT2D eigenvalue weighted by atomic mass is 79.9. The van der Waals surface area contributed by atoms with Gasteiger partial charge in [0.1, 0.15) is 0 Å². The molecule has 3 N–H and O–H groups in total. The maximum absolute atomic E-state index is 12.0. The highest BCUT2D eigenvalue weighted by molar-refractivity contribution is 9.10. The fourth-order valence-corrected chi connectivity index (χ4v) is 3.02. The highest BCUT2D eigenvalue weighted by Crippen LogP contribution is 2.32. The number of halogens is 1. The first kappa shape index (κ1) is 15.8. The first-order chi connectivity index (χ1) is 9.99. The van der Waals surface area contributed by atoms with Crippen LogP contribution in [0.25, 0.3) is 0 Å². The van der Waals surface area contributed by atoms with E-state index >= 15 is 0 Å². The summed E-state index contributed by atoms with van der Waals surface area (Å²) in [4.78, 5) is 23.0. The van der Waals surface area contributed by atoms with Gasteiger partial charge in [-0.3, -0.25) is 4.79 Å². The van der Waals surface area contributed by atoms with Crippen molar-refractivity contribution in [3.63, 3.8) is 0 Å². The first-order valence-corrected chi connectivity index (χ1v) is 7.81. The van der Waals surface area contributed by atoms with Gasteiger partial charge >= 0.3 is 12.0 Å². The molecule has 0 atom stereocenters. The van der Waals surface area contributed by atoms with Crippen molar-refractivity contribution in [2.45, 2.75) is 44.2 Å². The molecule has 2 amide bonds. The van der Waals surface area contributed by atoms with Gasteiger partial charge in [-0.2, -0.15) is 0 Å². The van der Waals surface area contributed by atoms with Crippen molar-refractivity contribution in [3.05, 3.63) is 34.3 Å². The second-order valence-electron chi connectivity index (χ2n) is 5.49. The summed E-state index contributed by atoms with van der Waals surface area (Å²) in [5.74, 6) is -0.870. The Balaban J connectivity index is 1.87. The molecule has 1 saturated carbocycles. The predicted octanol–water partition coefficient (Wildman–Crippen LogP) is 3.04. The Bertz CT molecular complexity index is 510. The van der Waals surface area contributed by atoms with Crippen molar-refractivity contribution < 1.29 is 14.7 Å². The smallest absolute Gasteiger partial charge is 0.315 e. The Labute approximate surface area is 132 Å². The minimum atomic E-state index is -0.870. The van der Waals surface area contributed by atoms with Crippen molar-refractivity contribution >= 4 is 27.9 Å². The third-order valence-electron chi connectivity index (χ3n) is 3.80. The minimum absolute atomic E-state index is 0.0152. The number of rotatable bonds is 5. The zero-order chi connectivity index (χ0) is 15.3. The molecule has 1 aliphatic carbocycles. The third kappa shape index (κ3) is 4.74. The van der Waals surface area contributed by atoms with Crippen LogP contribution in [0.1, 0.15) is 37.7 Å². The first-order valence-electron chi connectivity index (χ1n) is 7.01. The second-order valence-corrected chi connectivity index (χ2v) is 6.41. The summed E-state index contributed by atoms with van der Waals surface area (Å²) in [7, 11) is 0. The van der Waals surface area contributed by atoms with Gasteiger partial charge in [0.2, 0.25) is 0 Å². The van der Waals surface area contributed by atoms with Gasteiger partial charge in [-0.25, -0.2) is 4.79 Å². The van der Waals surface area contributed by atoms with E-state index in [4.69, 9.17) is 5.11 Å². The fourth-order valence-electron chi connectivity index (χ4n) is 2.76. The van der Waals surface area contributed by atoms with Gasteiger partial charge in [0.05, 0.1) is 12.0 Å². The normalized spacial score (nSPS) is 16.4. The summed E-state index contributed by atoms with van der Waals surface area (Å²) >= 11 is 3.36. The predicted molar refractivity (Wildman–Crippen MR) is 83.0 cm³/mol. The van der Waals surface area contributed by atoms with E-state index in [1.54, 1.807) is 0 Å². The standard InChI is InChI=1S/C15H19BrN2O3/c16-12-5-3-11(4-6-12)10-17-14(21)18-15(9-13(19)20)7-1-2-8-15/h3-6H,1-2,7-10H2,(H,19,20)(H2,17,18,21). The number of carbonyl (C=O) groups excluding carboxylic acids is 1. The fraction of sp³-hybridized carbons (Fsp3) is 0.467. The maximum atomic E-state index is 12.0. The Morgan fingerprint density at radius 2 is 1.81 bits per heavy atom. The Morgan fingerprint density at radius 3 is 2.38 bits per heavy atom. The summed E-state index contributed by atoms with van der Waals surface area (Å²) in [6.07, 6.45) is 3.36. The minimum Gasteiger partial charge on any atom is -0.481 e. The number of benzene rings is 1. The zero-order valence-corrected chi connectivity index (χ0v) is 13.3. The number of urea groups is 1. The number of carboxylic acid groups (broad SMARTS) is 1. The molecular weight excluding hydrogens is 336 g/mol. The van der Waals surface area contributed by atoms with E-state index in [9.17, 15) is 9.59 Å². The van der Waals surface area contributed by atoms with Crippen LogP contribution in [0.2, 0.25) is 0 Å². The van der Waals surface area contributed by atoms with Crippen molar-refractivity contribution in [3.8, 4) is 0 Å². The van der Waals surface area contributed by atoms with Gasteiger partial charge in [-0.15, -0.1) is 0 Å². The van der Waals surface area contributed by atoms with Gasteiger partial charge in [-0.05, 0) is 30.5 Å². The SMILES string of the molecule is O=C(O)CC1(NC(=O)NCc2ccc(Br)cc2)CCCC1. The van der Waals surface area contributed by atoms with Crippen LogP contribution >= 0.6 is 15.9 Å². The quantitative estimate of drug-likeness (QED) is 0.760. The molecule has 2 rings (SSSR count). The molecule has 1 aromatic rings. The number of nitrogens with one attached hydrogen (secondary N) is 2. The summed E-state index contributed by atoms with van der Waals surface area (Å²) in [6.45, 7) is 0.419. The van der Waals surface area contributed by atoms with Gasteiger partial charge in [0.25, 0.3) is 0 Å². The molecule has 0 aliphatic heterocycles.